The molecular formula is C15H19F3N2O. The first-order valence-corrected chi connectivity index (χ1v) is 6.77. The molecule has 0 aromatic heterocycles. The van der Waals surface area contributed by atoms with Crippen molar-refractivity contribution in [2.45, 2.75) is 26.4 Å². The summed E-state index contributed by atoms with van der Waals surface area (Å²) in [5.41, 5.74) is -0.816. The fourth-order valence-corrected chi connectivity index (χ4v) is 1.68. The van der Waals surface area contributed by atoms with Crippen molar-refractivity contribution in [1.82, 2.24) is 0 Å². The first-order chi connectivity index (χ1) is 9.84. The minimum atomic E-state index is -4.51. The Hall–Kier alpha value is -1.74. The van der Waals surface area contributed by atoms with Gasteiger partial charge in [-0.25, -0.2) is 0 Å². The monoisotopic (exact) mass is 300 g/mol. The summed E-state index contributed by atoms with van der Waals surface area (Å²) >= 11 is 0. The third kappa shape index (κ3) is 6.05. The molecule has 0 radical (unpaired) electrons. The predicted molar refractivity (Wildman–Crippen MR) is 74.9 cm³/mol. The largest absolute Gasteiger partial charge is 0.417 e. The van der Waals surface area contributed by atoms with Crippen LogP contribution in [-0.2, 0) is 10.9 Å². The quantitative estimate of drug-likeness (QED) is 0.773. The number of nitrogens with one attached hydrogen (secondary N) is 1. The van der Waals surface area contributed by atoms with E-state index < -0.39 is 11.7 Å². The van der Waals surface area contributed by atoms with Gasteiger partial charge >= 0.3 is 6.18 Å². The van der Waals surface area contributed by atoms with Crippen LogP contribution >= 0.6 is 0 Å². The molecule has 0 amide bonds. The molecule has 1 rings (SSSR count). The average Bonchev–Trinajstić information content (AvgIpc) is 2.41. The van der Waals surface area contributed by atoms with Crippen LogP contribution in [-0.4, -0.2) is 19.8 Å². The lowest BCUT2D eigenvalue weighted by Crippen LogP contribution is -2.12. The van der Waals surface area contributed by atoms with Crippen LogP contribution in [0.2, 0.25) is 0 Å². The van der Waals surface area contributed by atoms with Crippen molar-refractivity contribution in [2.24, 2.45) is 5.92 Å². The van der Waals surface area contributed by atoms with Gasteiger partial charge in [0.25, 0.3) is 0 Å². The Balaban J connectivity index is 2.49. The summed E-state index contributed by atoms with van der Waals surface area (Å²) in [4.78, 5) is 0. The molecule has 0 atom stereocenters. The second kappa shape index (κ2) is 7.89. The molecule has 0 unspecified atom stereocenters. The fourth-order valence-electron chi connectivity index (χ4n) is 1.68. The Morgan fingerprint density at radius 3 is 2.57 bits per heavy atom. The Kier molecular flexibility index (Phi) is 6.50. The van der Waals surface area contributed by atoms with Crippen molar-refractivity contribution in [2.75, 3.05) is 25.1 Å². The molecule has 0 spiro atoms. The zero-order chi connectivity index (χ0) is 15.9. The molecule has 0 aliphatic heterocycles. The van der Waals surface area contributed by atoms with Gasteiger partial charge in [-0.3, -0.25) is 0 Å². The number of hydrogen-bond acceptors (Lipinski definition) is 3. The van der Waals surface area contributed by atoms with E-state index in [0.29, 0.717) is 31.4 Å². The highest BCUT2D eigenvalue weighted by molar-refractivity contribution is 5.53. The minimum absolute atomic E-state index is 0.381. The first-order valence-electron chi connectivity index (χ1n) is 6.77. The summed E-state index contributed by atoms with van der Waals surface area (Å²) < 4.78 is 43.3. The minimum Gasteiger partial charge on any atom is -0.383 e. The third-order valence-electron chi connectivity index (χ3n) is 2.86. The molecule has 116 valence electrons. The summed E-state index contributed by atoms with van der Waals surface area (Å²) in [6, 6.07) is 5.01. The van der Waals surface area contributed by atoms with Crippen LogP contribution in [0.15, 0.2) is 18.2 Å². The summed E-state index contributed by atoms with van der Waals surface area (Å²) in [6.07, 6.45) is -3.54. The molecule has 0 aliphatic rings. The van der Waals surface area contributed by atoms with Crippen LogP contribution in [0.3, 0.4) is 0 Å². The lowest BCUT2D eigenvalue weighted by molar-refractivity contribution is -0.137. The van der Waals surface area contributed by atoms with Crippen molar-refractivity contribution >= 4 is 5.69 Å². The topological polar surface area (TPSA) is 45.0 Å². The smallest absolute Gasteiger partial charge is 0.383 e. The highest BCUT2D eigenvalue weighted by atomic mass is 19.4. The standard InChI is InChI=1S/C15H19F3N2O/c1-11(2)5-7-21-8-6-20-13-3-4-14(15(16,17)18)12(9-13)10-19/h3-4,9,11,20H,5-8H2,1-2H3. The number of rotatable bonds is 7. The van der Waals surface area contributed by atoms with E-state index in [9.17, 15) is 13.2 Å². The van der Waals surface area contributed by atoms with Crippen LogP contribution in [0.1, 0.15) is 31.4 Å². The van der Waals surface area contributed by atoms with Gasteiger partial charge in [-0.1, -0.05) is 13.8 Å². The van der Waals surface area contributed by atoms with Gasteiger partial charge in [0.05, 0.1) is 23.8 Å². The van der Waals surface area contributed by atoms with E-state index in [-0.39, 0.29) is 5.56 Å². The normalized spacial score (nSPS) is 11.5. The summed E-state index contributed by atoms with van der Waals surface area (Å²) in [5.74, 6) is 0.575. The maximum atomic E-state index is 12.6. The highest BCUT2D eigenvalue weighted by Crippen LogP contribution is 2.32. The van der Waals surface area contributed by atoms with Crippen molar-refractivity contribution in [3.05, 3.63) is 29.3 Å². The van der Waals surface area contributed by atoms with Gasteiger partial charge in [0, 0.05) is 18.8 Å². The molecular weight excluding hydrogens is 281 g/mol. The average molecular weight is 300 g/mol. The van der Waals surface area contributed by atoms with Crippen LogP contribution in [0.25, 0.3) is 0 Å². The van der Waals surface area contributed by atoms with Crippen LogP contribution in [0.4, 0.5) is 18.9 Å². The molecule has 3 nitrogen and oxygen atoms in total. The van der Waals surface area contributed by atoms with E-state index in [4.69, 9.17) is 10.00 Å². The van der Waals surface area contributed by atoms with E-state index >= 15 is 0 Å². The number of alkyl halides is 3. The molecule has 1 aromatic rings. The zero-order valence-electron chi connectivity index (χ0n) is 12.1. The van der Waals surface area contributed by atoms with Gasteiger partial charge < -0.3 is 10.1 Å². The van der Waals surface area contributed by atoms with Crippen LogP contribution < -0.4 is 5.32 Å². The number of ether oxygens (including phenoxy) is 1. The number of hydrogen-bond donors (Lipinski definition) is 1. The van der Waals surface area contributed by atoms with Gasteiger partial charge in [0.2, 0.25) is 0 Å². The SMILES string of the molecule is CC(C)CCOCCNc1ccc(C(F)(F)F)c(C#N)c1. The third-order valence-corrected chi connectivity index (χ3v) is 2.86. The van der Waals surface area contributed by atoms with Crippen molar-refractivity contribution in [3.63, 3.8) is 0 Å². The fraction of sp³-hybridized carbons (Fsp3) is 0.533. The molecule has 0 saturated heterocycles. The molecule has 0 bridgehead atoms. The second-order valence-electron chi connectivity index (χ2n) is 5.09. The summed E-state index contributed by atoms with van der Waals surface area (Å²) in [6.45, 7) is 5.82. The van der Waals surface area contributed by atoms with Gasteiger partial charge in [-0.05, 0) is 30.5 Å². The highest BCUT2D eigenvalue weighted by Gasteiger charge is 2.33. The molecule has 21 heavy (non-hydrogen) atoms. The second-order valence-corrected chi connectivity index (χ2v) is 5.09. The predicted octanol–water partition coefficient (Wildman–Crippen LogP) is 4.05. The molecule has 6 heteroatoms. The molecule has 0 saturated carbocycles. The molecule has 1 N–H and O–H groups in total. The van der Waals surface area contributed by atoms with E-state index in [0.717, 1.165) is 12.5 Å². The van der Waals surface area contributed by atoms with E-state index in [1.54, 1.807) is 6.07 Å². The van der Waals surface area contributed by atoms with Crippen LogP contribution in [0, 0.1) is 17.2 Å². The van der Waals surface area contributed by atoms with E-state index in [2.05, 4.69) is 19.2 Å². The maximum Gasteiger partial charge on any atom is 0.417 e. The van der Waals surface area contributed by atoms with Gasteiger partial charge in [0.15, 0.2) is 0 Å². The molecule has 0 aliphatic carbocycles. The summed E-state index contributed by atoms with van der Waals surface area (Å²) in [7, 11) is 0. The Morgan fingerprint density at radius 2 is 2.00 bits per heavy atom. The zero-order valence-corrected chi connectivity index (χ0v) is 12.1. The van der Waals surface area contributed by atoms with Gasteiger partial charge in [-0.2, -0.15) is 18.4 Å². The Labute approximate surface area is 122 Å². The number of nitrogens with zero attached hydrogens (tertiary/aromatic N) is 1. The molecule has 1 aromatic carbocycles. The van der Waals surface area contributed by atoms with Gasteiger partial charge in [-0.15, -0.1) is 0 Å². The lowest BCUT2D eigenvalue weighted by Gasteiger charge is -2.12. The number of anilines is 1. The number of nitriles is 1. The van der Waals surface area contributed by atoms with E-state index in [1.807, 2.05) is 0 Å². The number of halogens is 3. The first kappa shape index (κ1) is 17.3. The summed E-state index contributed by atoms with van der Waals surface area (Å²) in [5, 5.41) is 11.7. The van der Waals surface area contributed by atoms with Crippen molar-refractivity contribution < 1.29 is 17.9 Å². The number of benzene rings is 1. The van der Waals surface area contributed by atoms with Gasteiger partial charge in [0.1, 0.15) is 0 Å². The van der Waals surface area contributed by atoms with Crippen LogP contribution in [0.5, 0.6) is 0 Å². The molecule has 0 fully saturated rings. The van der Waals surface area contributed by atoms with Crippen molar-refractivity contribution in [3.8, 4) is 6.07 Å². The lowest BCUT2D eigenvalue weighted by atomic mass is 10.1. The van der Waals surface area contributed by atoms with E-state index in [1.165, 1.54) is 12.1 Å². The van der Waals surface area contributed by atoms with Crippen molar-refractivity contribution in [1.29, 1.82) is 5.26 Å². The Bertz CT molecular complexity index is 493. The maximum absolute atomic E-state index is 12.6. The molecule has 0 heterocycles. The Morgan fingerprint density at radius 1 is 1.29 bits per heavy atom.